The predicted molar refractivity (Wildman–Crippen MR) is 60.2 cm³/mol. The lowest BCUT2D eigenvalue weighted by atomic mass is 9.90. The lowest BCUT2D eigenvalue weighted by molar-refractivity contribution is -0.145. The van der Waals surface area contributed by atoms with E-state index in [0.29, 0.717) is 12.3 Å². The Morgan fingerprint density at radius 1 is 1.40 bits per heavy atom. The van der Waals surface area contributed by atoms with E-state index in [0.717, 1.165) is 0 Å². The lowest BCUT2D eigenvalue weighted by Crippen LogP contribution is -2.12. The van der Waals surface area contributed by atoms with Crippen molar-refractivity contribution in [2.45, 2.75) is 58.5 Å². The lowest BCUT2D eigenvalue weighted by Gasteiger charge is -2.16. The van der Waals surface area contributed by atoms with Crippen molar-refractivity contribution in [3.8, 4) is 11.8 Å². The van der Waals surface area contributed by atoms with Gasteiger partial charge in [0.05, 0.1) is 0 Å². The van der Waals surface area contributed by atoms with Gasteiger partial charge in [-0.3, -0.25) is 4.79 Å². The summed E-state index contributed by atoms with van der Waals surface area (Å²) in [5.41, 5.74) is 0. The van der Waals surface area contributed by atoms with Gasteiger partial charge in [-0.15, -0.1) is 0 Å². The first-order valence-electron chi connectivity index (χ1n) is 5.93. The van der Waals surface area contributed by atoms with Crippen molar-refractivity contribution in [2.24, 2.45) is 5.92 Å². The van der Waals surface area contributed by atoms with Crippen molar-refractivity contribution in [3.05, 3.63) is 0 Å². The molecule has 1 aliphatic carbocycles. The maximum absolute atomic E-state index is 11.0. The monoisotopic (exact) mass is 208 g/mol. The van der Waals surface area contributed by atoms with E-state index in [4.69, 9.17) is 4.74 Å². The van der Waals surface area contributed by atoms with Crippen LogP contribution in [-0.4, -0.2) is 12.1 Å². The molecule has 0 aliphatic heterocycles. The number of carbonyl (C=O) groups excluding carboxylic acids is 1. The van der Waals surface area contributed by atoms with E-state index in [1.54, 1.807) is 6.92 Å². The van der Waals surface area contributed by atoms with Gasteiger partial charge in [0.15, 0.2) is 6.10 Å². The van der Waals surface area contributed by atoms with Crippen LogP contribution >= 0.6 is 0 Å². The van der Waals surface area contributed by atoms with Gasteiger partial charge in [-0.1, -0.05) is 38.0 Å². The molecule has 1 aliphatic rings. The van der Waals surface area contributed by atoms with Crippen molar-refractivity contribution in [3.63, 3.8) is 0 Å². The first kappa shape index (κ1) is 12.1. The van der Waals surface area contributed by atoms with Crippen LogP contribution in [0.15, 0.2) is 0 Å². The van der Waals surface area contributed by atoms with E-state index in [2.05, 4.69) is 11.8 Å². The van der Waals surface area contributed by atoms with Gasteiger partial charge in [0.2, 0.25) is 0 Å². The van der Waals surface area contributed by atoms with Gasteiger partial charge in [0, 0.05) is 12.3 Å². The first-order chi connectivity index (χ1) is 7.22. The molecule has 1 fully saturated rings. The van der Waals surface area contributed by atoms with Crippen molar-refractivity contribution >= 4 is 5.97 Å². The third-order valence-electron chi connectivity index (χ3n) is 2.69. The Hall–Kier alpha value is -0.970. The zero-order chi connectivity index (χ0) is 11.1. The van der Waals surface area contributed by atoms with Crippen LogP contribution in [0.3, 0.4) is 0 Å². The molecular weight excluding hydrogens is 188 g/mol. The minimum absolute atomic E-state index is 0.166. The molecule has 84 valence electrons. The summed E-state index contributed by atoms with van der Waals surface area (Å²) < 4.78 is 5.08. The Labute approximate surface area is 92.4 Å². The number of hydrogen-bond donors (Lipinski definition) is 0. The number of hydrogen-bond acceptors (Lipinski definition) is 2. The van der Waals surface area contributed by atoms with Crippen LogP contribution in [0.2, 0.25) is 0 Å². The summed E-state index contributed by atoms with van der Waals surface area (Å²) in [4.78, 5) is 11.0. The summed E-state index contributed by atoms with van der Waals surface area (Å²) in [5, 5.41) is 0. The van der Waals surface area contributed by atoms with Gasteiger partial charge in [-0.25, -0.2) is 0 Å². The van der Waals surface area contributed by atoms with E-state index in [1.165, 1.54) is 32.1 Å². The molecular formula is C13H20O2. The standard InChI is InChI=1S/C13H20O2/c1-3-13(14)15-11(2)9-10-12-7-5-4-6-8-12/h11-12H,3-8H2,1-2H3/t11-/m1/s1. The molecule has 15 heavy (non-hydrogen) atoms. The van der Waals surface area contributed by atoms with Gasteiger partial charge < -0.3 is 4.74 Å². The van der Waals surface area contributed by atoms with E-state index in [-0.39, 0.29) is 12.1 Å². The third kappa shape index (κ3) is 4.88. The molecule has 0 spiro atoms. The highest BCUT2D eigenvalue weighted by atomic mass is 16.5. The fourth-order valence-electron chi connectivity index (χ4n) is 1.79. The third-order valence-corrected chi connectivity index (χ3v) is 2.69. The van der Waals surface area contributed by atoms with Crippen molar-refractivity contribution < 1.29 is 9.53 Å². The summed E-state index contributed by atoms with van der Waals surface area (Å²) in [7, 11) is 0. The fourth-order valence-corrected chi connectivity index (χ4v) is 1.79. The first-order valence-corrected chi connectivity index (χ1v) is 5.93. The Bertz CT molecular complexity index is 253. The van der Waals surface area contributed by atoms with E-state index < -0.39 is 0 Å². The minimum Gasteiger partial charge on any atom is -0.449 e. The second-order valence-electron chi connectivity index (χ2n) is 4.11. The molecule has 1 saturated carbocycles. The van der Waals surface area contributed by atoms with E-state index in [1.807, 2.05) is 6.92 Å². The van der Waals surface area contributed by atoms with Crippen LogP contribution in [0.4, 0.5) is 0 Å². The number of rotatable bonds is 2. The highest BCUT2D eigenvalue weighted by Gasteiger charge is 2.10. The Morgan fingerprint density at radius 2 is 2.07 bits per heavy atom. The Kier molecular flexibility index (Phi) is 5.25. The summed E-state index contributed by atoms with van der Waals surface area (Å²) in [6.45, 7) is 3.63. The molecule has 0 amide bonds. The van der Waals surface area contributed by atoms with Gasteiger partial charge in [-0.2, -0.15) is 0 Å². The van der Waals surface area contributed by atoms with Crippen LogP contribution < -0.4 is 0 Å². The summed E-state index contributed by atoms with van der Waals surface area (Å²) in [5.74, 6) is 6.61. The van der Waals surface area contributed by atoms with Gasteiger partial charge in [0.25, 0.3) is 0 Å². The van der Waals surface area contributed by atoms with Crippen molar-refractivity contribution in [2.75, 3.05) is 0 Å². The second-order valence-corrected chi connectivity index (χ2v) is 4.11. The van der Waals surface area contributed by atoms with Crippen LogP contribution in [-0.2, 0) is 9.53 Å². The van der Waals surface area contributed by atoms with E-state index >= 15 is 0 Å². The minimum atomic E-state index is -0.251. The number of esters is 1. The average Bonchev–Trinajstić information content (AvgIpc) is 2.27. The average molecular weight is 208 g/mol. The van der Waals surface area contributed by atoms with Crippen molar-refractivity contribution in [1.82, 2.24) is 0 Å². The molecule has 0 aromatic carbocycles. The summed E-state index contributed by atoms with van der Waals surface area (Å²) >= 11 is 0. The Morgan fingerprint density at radius 3 is 2.67 bits per heavy atom. The fraction of sp³-hybridized carbons (Fsp3) is 0.769. The molecule has 2 heteroatoms. The summed E-state index contributed by atoms with van der Waals surface area (Å²) in [6.07, 6.45) is 6.53. The zero-order valence-electron chi connectivity index (χ0n) is 9.71. The van der Waals surface area contributed by atoms with Crippen molar-refractivity contribution in [1.29, 1.82) is 0 Å². The number of ether oxygens (including phenoxy) is 1. The topological polar surface area (TPSA) is 26.3 Å². The van der Waals surface area contributed by atoms with Crippen LogP contribution in [0.1, 0.15) is 52.4 Å². The maximum atomic E-state index is 11.0. The quantitative estimate of drug-likeness (QED) is 0.515. The maximum Gasteiger partial charge on any atom is 0.306 e. The molecule has 0 bridgehead atoms. The highest BCUT2D eigenvalue weighted by molar-refractivity contribution is 5.69. The van der Waals surface area contributed by atoms with Crippen LogP contribution in [0.25, 0.3) is 0 Å². The molecule has 0 aromatic heterocycles. The molecule has 1 rings (SSSR count). The number of carbonyl (C=O) groups is 1. The SMILES string of the molecule is CCC(=O)O[C@H](C)C#CC1CCCCC1. The molecule has 0 saturated heterocycles. The molecule has 2 nitrogen and oxygen atoms in total. The molecule has 0 unspecified atom stereocenters. The van der Waals surface area contributed by atoms with Gasteiger partial charge in [-0.05, 0) is 19.8 Å². The normalized spacial score (nSPS) is 18.8. The molecule has 0 radical (unpaired) electrons. The van der Waals surface area contributed by atoms with E-state index in [9.17, 15) is 4.79 Å². The molecule has 1 atom stereocenters. The smallest absolute Gasteiger partial charge is 0.306 e. The second kappa shape index (κ2) is 6.50. The molecule has 0 aromatic rings. The zero-order valence-corrected chi connectivity index (χ0v) is 9.71. The van der Waals surface area contributed by atoms with Crippen LogP contribution in [0.5, 0.6) is 0 Å². The Balaban J connectivity index is 2.31. The van der Waals surface area contributed by atoms with Gasteiger partial charge in [0.1, 0.15) is 0 Å². The summed E-state index contributed by atoms with van der Waals surface area (Å²) in [6, 6.07) is 0. The molecule has 0 heterocycles. The van der Waals surface area contributed by atoms with Crippen LogP contribution in [0, 0.1) is 17.8 Å². The molecule has 0 N–H and O–H groups in total. The predicted octanol–water partition coefficient (Wildman–Crippen LogP) is 2.91. The largest absolute Gasteiger partial charge is 0.449 e. The highest BCUT2D eigenvalue weighted by Crippen LogP contribution is 2.22. The van der Waals surface area contributed by atoms with Gasteiger partial charge >= 0.3 is 5.97 Å².